The van der Waals surface area contributed by atoms with Gasteiger partial charge in [0.05, 0.1) is 6.04 Å². The Morgan fingerprint density at radius 2 is 1.47 bits per heavy atom. The smallest absolute Gasteiger partial charge is 0.315 e. The number of hydrogen-bond donors (Lipinski definition) is 2. The third-order valence-electron chi connectivity index (χ3n) is 2.81. The molecule has 0 aromatic rings. The largest absolute Gasteiger partial charge is 0.338 e. The Balaban J connectivity index is 4.82. The van der Waals surface area contributed by atoms with Crippen molar-refractivity contribution in [3.63, 3.8) is 0 Å². The molecule has 0 rings (SSSR count). The Kier molecular flexibility index (Phi) is 6.04. The zero-order valence-electron chi connectivity index (χ0n) is 13.7. The molecule has 4 nitrogen and oxygen atoms in total. The van der Waals surface area contributed by atoms with Gasteiger partial charge in [0, 0.05) is 12.0 Å². The van der Waals surface area contributed by atoms with Crippen LogP contribution in [0.4, 0.5) is 4.79 Å². The van der Waals surface area contributed by atoms with Crippen LogP contribution in [0.1, 0.15) is 55.4 Å². The van der Waals surface area contributed by atoms with Crippen molar-refractivity contribution < 1.29 is 9.59 Å². The van der Waals surface area contributed by atoms with Gasteiger partial charge < -0.3 is 10.6 Å². The molecule has 1 unspecified atom stereocenters. The topological polar surface area (TPSA) is 58.2 Å². The first-order chi connectivity index (χ1) is 8.35. The van der Waals surface area contributed by atoms with E-state index in [2.05, 4.69) is 10.6 Å². The van der Waals surface area contributed by atoms with Crippen LogP contribution in [0.2, 0.25) is 0 Å². The summed E-state index contributed by atoms with van der Waals surface area (Å²) in [5, 5.41) is 5.61. The lowest BCUT2D eigenvalue weighted by molar-refractivity contribution is -0.130. The van der Waals surface area contributed by atoms with Gasteiger partial charge in [0.1, 0.15) is 0 Å². The van der Waals surface area contributed by atoms with Gasteiger partial charge in [0.15, 0.2) is 5.78 Å². The van der Waals surface area contributed by atoms with Crippen molar-refractivity contribution in [2.45, 2.75) is 61.4 Å². The Hall–Kier alpha value is -1.06. The maximum absolute atomic E-state index is 12.4. The fourth-order valence-electron chi connectivity index (χ4n) is 1.59. The number of carbonyl (C=O) groups excluding carboxylic acids is 2. The van der Waals surface area contributed by atoms with Crippen LogP contribution in [0.5, 0.6) is 0 Å². The third kappa shape index (κ3) is 6.60. The van der Waals surface area contributed by atoms with E-state index < -0.39 is 11.5 Å². The molecule has 0 aromatic carbocycles. The number of hydrogen-bond acceptors (Lipinski definition) is 2. The first kappa shape index (κ1) is 17.9. The van der Waals surface area contributed by atoms with Gasteiger partial charge in [-0.05, 0) is 11.3 Å². The molecule has 2 amide bonds. The molecule has 0 spiro atoms. The predicted octanol–water partition coefficient (Wildman–Crippen LogP) is 2.97. The monoisotopic (exact) mass is 270 g/mol. The number of ketones is 1. The molecule has 0 saturated carbocycles. The summed E-state index contributed by atoms with van der Waals surface area (Å²) in [6.07, 6.45) is 0. The molecule has 0 saturated heterocycles. The molecular weight excluding hydrogens is 240 g/mol. The third-order valence-corrected chi connectivity index (χ3v) is 2.81. The SMILES string of the molecule is CC(C)CNC(=O)NC(C(=O)C(C)(C)C)C(C)(C)C. The summed E-state index contributed by atoms with van der Waals surface area (Å²) in [7, 11) is 0. The number of nitrogens with one attached hydrogen (secondary N) is 2. The highest BCUT2D eigenvalue weighted by atomic mass is 16.2. The quantitative estimate of drug-likeness (QED) is 0.825. The first-order valence-electron chi connectivity index (χ1n) is 6.94. The molecular formula is C15H30N2O2. The standard InChI is InChI=1S/C15H30N2O2/c1-10(2)9-16-13(19)17-11(14(3,4)5)12(18)15(6,7)8/h10-11H,9H2,1-8H3,(H2,16,17,19). The minimum Gasteiger partial charge on any atom is -0.338 e. The van der Waals surface area contributed by atoms with Crippen LogP contribution in [0.3, 0.4) is 0 Å². The highest BCUT2D eigenvalue weighted by Crippen LogP contribution is 2.27. The molecule has 0 fully saturated rings. The minimum atomic E-state index is -0.486. The maximum atomic E-state index is 12.4. The Bertz CT molecular complexity index is 322. The molecule has 0 bridgehead atoms. The van der Waals surface area contributed by atoms with Crippen LogP contribution in [-0.4, -0.2) is 24.4 Å². The molecule has 0 aliphatic carbocycles. The van der Waals surface area contributed by atoms with E-state index in [1.54, 1.807) is 0 Å². The molecule has 19 heavy (non-hydrogen) atoms. The van der Waals surface area contributed by atoms with Crippen LogP contribution in [0.15, 0.2) is 0 Å². The van der Waals surface area contributed by atoms with Gasteiger partial charge in [-0.3, -0.25) is 4.79 Å². The molecule has 0 radical (unpaired) electrons. The first-order valence-corrected chi connectivity index (χ1v) is 6.94. The van der Waals surface area contributed by atoms with Crippen LogP contribution in [0.25, 0.3) is 0 Å². The summed E-state index contributed by atoms with van der Waals surface area (Å²) >= 11 is 0. The number of carbonyl (C=O) groups is 2. The highest BCUT2D eigenvalue weighted by molar-refractivity contribution is 5.92. The van der Waals surface area contributed by atoms with Gasteiger partial charge in [-0.1, -0.05) is 55.4 Å². The van der Waals surface area contributed by atoms with E-state index in [0.29, 0.717) is 12.5 Å². The zero-order valence-corrected chi connectivity index (χ0v) is 13.7. The number of Topliss-reactive ketones (excluding diaryl/α,β-unsaturated/α-hetero) is 1. The Labute approximate surface area is 117 Å². The molecule has 0 aliphatic heterocycles. The van der Waals surface area contributed by atoms with E-state index in [-0.39, 0.29) is 17.2 Å². The molecule has 0 aliphatic rings. The minimum absolute atomic E-state index is 0.0553. The van der Waals surface area contributed by atoms with Gasteiger partial charge in [0.25, 0.3) is 0 Å². The average Bonchev–Trinajstić information content (AvgIpc) is 2.19. The van der Waals surface area contributed by atoms with Crippen LogP contribution >= 0.6 is 0 Å². The second-order valence-corrected chi connectivity index (χ2v) is 7.66. The average molecular weight is 270 g/mol. The van der Waals surface area contributed by atoms with E-state index in [0.717, 1.165) is 0 Å². The second-order valence-electron chi connectivity index (χ2n) is 7.66. The van der Waals surface area contributed by atoms with Gasteiger partial charge >= 0.3 is 6.03 Å². The summed E-state index contributed by atoms with van der Waals surface area (Å²) in [5.74, 6) is 0.442. The number of urea groups is 1. The summed E-state index contributed by atoms with van der Waals surface area (Å²) in [6.45, 7) is 16.2. The summed E-state index contributed by atoms with van der Waals surface area (Å²) < 4.78 is 0. The molecule has 2 N–H and O–H groups in total. The summed E-state index contributed by atoms with van der Waals surface area (Å²) in [4.78, 5) is 24.3. The normalized spacial score (nSPS) is 14.2. The van der Waals surface area contributed by atoms with E-state index in [9.17, 15) is 9.59 Å². The molecule has 112 valence electrons. The van der Waals surface area contributed by atoms with E-state index in [1.807, 2.05) is 55.4 Å². The predicted molar refractivity (Wildman–Crippen MR) is 79.1 cm³/mol. The lowest BCUT2D eigenvalue weighted by Crippen LogP contribution is -2.55. The second kappa shape index (κ2) is 6.40. The van der Waals surface area contributed by atoms with Crippen LogP contribution in [-0.2, 0) is 4.79 Å². The lowest BCUT2D eigenvalue weighted by atomic mass is 9.76. The van der Waals surface area contributed by atoms with Crippen molar-refractivity contribution >= 4 is 11.8 Å². The van der Waals surface area contributed by atoms with E-state index >= 15 is 0 Å². The zero-order chi connectivity index (χ0) is 15.4. The van der Waals surface area contributed by atoms with Gasteiger partial charge in [-0.25, -0.2) is 4.79 Å². The van der Waals surface area contributed by atoms with Gasteiger partial charge in [0.2, 0.25) is 0 Å². The van der Waals surface area contributed by atoms with Gasteiger partial charge in [-0.15, -0.1) is 0 Å². The Morgan fingerprint density at radius 3 is 1.79 bits per heavy atom. The maximum Gasteiger partial charge on any atom is 0.315 e. The van der Waals surface area contributed by atoms with Crippen molar-refractivity contribution in [3.8, 4) is 0 Å². The summed E-state index contributed by atoms with van der Waals surface area (Å²) in [6, 6.07) is -0.758. The summed E-state index contributed by atoms with van der Waals surface area (Å²) in [5.41, 5.74) is -0.775. The lowest BCUT2D eigenvalue weighted by Gasteiger charge is -2.34. The fraction of sp³-hybridized carbons (Fsp3) is 0.867. The van der Waals surface area contributed by atoms with Crippen LogP contribution in [0, 0.1) is 16.7 Å². The van der Waals surface area contributed by atoms with E-state index in [1.165, 1.54) is 0 Å². The Morgan fingerprint density at radius 1 is 1.00 bits per heavy atom. The fourth-order valence-corrected chi connectivity index (χ4v) is 1.59. The number of amides is 2. The molecule has 4 heteroatoms. The molecule has 0 aromatic heterocycles. The van der Waals surface area contributed by atoms with Crippen molar-refractivity contribution in [1.29, 1.82) is 0 Å². The number of rotatable bonds is 4. The van der Waals surface area contributed by atoms with Crippen molar-refractivity contribution in [1.82, 2.24) is 10.6 Å². The van der Waals surface area contributed by atoms with Crippen molar-refractivity contribution in [2.75, 3.05) is 6.54 Å². The van der Waals surface area contributed by atoms with Gasteiger partial charge in [-0.2, -0.15) is 0 Å². The van der Waals surface area contributed by atoms with Crippen LogP contribution < -0.4 is 10.6 Å². The molecule has 1 atom stereocenters. The van der Waals surface area contributed by atoms with Crippen molar-refractivity contribution in [2.24, 2.45) is 16.7 Å². The highest BCUT2D eigenvalue weighted by Gasteiger charge is 2.38. The van der Waals surface area contributed by atoms with E-state index in [4.69, 9.17) is 0 Å². The molecule has 0 heterocycles. The van der Waals surface area contributed by atoms with Crippen molar-refractivity contribution in [3.05, 3.63) is 0 Å².